The Balaban J connectivity index is 1.92. The molecular weight excluding hydrogens is 284 g/mol. The van der Waals surface area contributed by atoms with Gasteiger partial charge in [0.1, 0.15) is 10.7 Å². The van der Waals surface area contributed by atoms with Gasteiger partial charge in [0.05, 0.1) is 10.6 Å². The average molecular weight is 299 g/mol. The minimum absolute atomic E-state index is 0.0668. The summed E-state index contributed by atoms with van der Waals surface area (Å²) in [6, 6.07) is 5.09. The quantitative estimate of drug-likeness (QED) is 0.787. The third-order valence-electron chi connectivity index (χ3n) is 2.87. The Hall–Kier alpha value is -1.33. The van der Waals surface area contributed by atoms with Crippen LogP contribution in [0.1, 0.15) is 18.4 Å². The van der Waals surface area contributed by atoms with Crippen LogP contribution in [0, 0.1) is 5.92 Å². The van der Waals surface area contributed by atoms with Crippen molar-refractivity contribution in [3.05, 3.63) is 28.8 Å². The fraction of sp³-hybridized carbons (Fsp3) is 0.385. The molecule has 0 heterocycles. The summed E-state index contributed by atoms with van der Waals surface area (Å²) in [5, 5.41) is 3.24. The van der Waals surface area contributed by atoms with Crippen LogP contribution < -0.4 is 15.8 Å². The molecule has 0 spiro atoms. The molecule has 1 amide bonds. The van der Waals surface area contributed by atoms with Crippen molar-refractivity contribution >= 4 is 34.7 Å². The lowest BCUT2D eigenvalue weighted by atomic mass is 10.2. The molecule has 2 rings (SSSR count). The number of carbonyl (C=O) groups excluding carboxylic acids is 1. The smallest absolute Gasteiger partial charge is 0.257 e. The second-order valence-corrected chi connectivity index (χ2v) is 5.36. The van der Waals surface area contributed by atoms with E-state index in [0.29, 0.717) is 22.3 Å². The predicted molar refractivity (Wildman–Crippen MR) is 78.6 cm³/mol. The highest BCUT2D eigenvalue weighted by Crippen LogP contribution is 2.28. The van der Waals surface area contributed by atoms with Crippen LogP contribution in [0.2, 0.25) is 5.02 Å². The first-order valence-corrected chi connectivity index (χ1v) is 6.84. The summed E-state index contributed by atoms with van der Waals surface area (Å²) in [6.45, 7) is 0.655. The number of benzene rings is 1. The Morgan fingerprint density at radius 1 is 1.53 bits per heavy atom. The summed E-state index contributed by atoms with van der Waals surface area (Å²) in [5.74, 6) is 0.921. The molecule has 1 aliphatic carbocycles. The molecule has 19 heavy (non-hydrogen) atoms. The molecule has 1 saturated carbocycles. The number of amides is 1. The highest BCUT2D eigenvalue weighted by Gasteiger charge is 2.21. The molecule has 6 heteroatoms. The SMILES string of the molecule is NC(=S)c1c(Cl)cccc1OCC(=O)NCC1CC1. The Labute approximate surface area is 122 Å². The molecule has 3 N–H and O–H groups in total. The first-order valence-electron chi connectivity index (χ1n) is 6.05. The van der Waals surface area contributed by atoms with Crippen LogP contribution in [0.15, 0.2) is 18.2 Å². The van der Waals surface area contributed by atoms with Crippen LogP contribution in [-0.2, 0) is 4.79 Å². The molecule has 0 aromatic heterocycles. The first kappa shape index (κ1) is 14.1. The minimum atomic E-state index is -0.152. The van der Waals surface area contributed by atoms with Crippen molar-refractivity contribution in [1.29, 1.82) is 0 Å². The number of ether oxygens (including phenoxy) is 1. The van der Waals surface area contributed by atoms with Crippen molar-refractivity contribution in [2.45, 2.75) is 12.8 Å². The molecule has 1 aromatic carbocycles. The molecule has 4 nitrogen and oxygen atoms in total. The highest BCUT2D eigenvalue weighted by molar-refractivity contribution is 7.80. The number of thiocarbonyl (C=S) groups is 1. The van der Waals surface area contributed by atoms with Gasteiger partial charge in [0.15, 0.2) is 6.61 Å². The standard InChI is InChI=1S/C13H15ClN2O2S/c14-9-2-1-3-10(12(9)13(15)19)18-7-11(17)16-6-8-4-5-8/h1-3,8H,4-7H2,(H2,15,19)(H,16,17). The fourth-order valence-electron chi connectivity index (χ4n) is 1.64. The number of nitrogens with one attached hydrogen (secondary N) is 1. The van der Waals surface area contributed by atoms with Gasteiger partial charge in [-0.05, 0) is 30.9 Å². The van der Waals surface area contributed by atoms with E-state index in [-0.39, 0.29) is 17.5 Å². The van der Waals surface area contributed by atoms with Gasteiger partial charge in [0.2, 0.25) is 0 Å². The van der Waals surface area contributed by atoms with E-state index >= 15 is 0 Å². The Morgan fingerprint density at radius 2 is 2.26 bits per heavy atom. The van der Waals surface area contributed by atoms with E-state index < -0.39 is 0 Å². The normalized spacial score (nSPS) is 13.9. The third-order valence-corrected chi connectivity index (χ3v) is 3.38. The van der Waals surface area contributed by atoms with Gasteiger partial charge in [0.25, 0.3) is 5.91 Å². The molecule has 0 unspecified atom stereocenters. The van der Waals surface area contributed by atoms with Gasteiger partial charge in [-0.1, -0.05) is 29.9 Å². The van der Waals surface area contributed by atoms with E-state index in [1.54, 1.807) is 18.2 Å². The van der Waals surface area contributed by atoms with Gasteiger partial charge in [-0.3, -0.25) is 4.79 Å². The second-order valence-electron chi connectivity index (χ2n) is 4.51. The van der Waals surface area contributed by atoms with Crippen molar-refractivity contribution in [3.63, 3.8) is 0 Å². The molecular formula is C13H15ClN2O2S. The van der Waals surface area contributed by atoms with Crippen LogP contribution >= 0.6 is 23.8 Å². The van der Waals surface area contributed by atoms with E-state index in [1.807, 2.05) is 0 Å². The van der Waals surface area contributed by atoms with Gasteiger partial charge in [0, 0.05) is 6.54 Å². The van der Waals surface area contributed by atoms with Gasteiger partial charge >= 0.3 is 0 Å². The summed E-state index contributed by atoms with van der Waals surface area (Å²) in [4.78, 5) is 11.7. The Bertz CT molecular complexity index is 503. The summed E-state index contributed by atoms with van der Waals surface area (Å²) < 4.78 is 5.43. The van der Waals surface area contributed by atoms with E-state index in [2.05, 4.69) is 5.32 Å². The van der Waals surface area contributed by atoms with Crippen molar-refractivity contribution in [1.82, 2.24) is 5.32 Å². The molecule has 0 atom stereocenters. The van der Waals surface area contributed by atoms with Gasteiger partial charge < -0.3 is 15.8 Å². The molecule has 0 saturated heterocycles. The monoisotopic (exact) mass is 298 g/mol. The largest absolute Gasteiger partial charge is 0.483 e. The minimum Gasteiger partial charge on any atom is -0.483 e. The Morgan fingerprint density at radius 3 is 2.89 bits per heavy atom. The van der Waals surface area contributed by atoms with Crippen molar-refractivity contribution in [2.75, 3.05) is 13.2 Å². The zero-order chi connectivity index (χ0) is 13.8. The van der Waals surface area contributed by atoms with Crippen LogP contribution in [0.3, 0.4) is 0 Å². The van der Waals surface area contributed by atoms with Crippen molar-refractivity contribution in [3.8, 4) is 5.75 Å². The number of halogens is 1. The lowest BCUT2D eigenvalue weighted by Crippen LogP contribution is -2.30. The summed E-state index contributed by atoms with van der Waals surface area (Å²) in [6.07, 6.45) is 2.39. The lowest BCUT2D eigenvalue weighted by Gasteiger charge is -2.11. The summed E-state index contributed by atoms with van der Waals surface area (Å²) >= 11 is 10.9. The molecule has 1 fully saturated rings. The van der Waals surface area contributed by atoms with Crippen LogP contribution in [0.5, 0.6) is 5.75 Å². The zero-order valence-electron chi connectivity index (χ0n) is 10.3. The number of hydrogen-bond acceptors (Lipinski definition) is 3. The van der Waals surface area contributed by atoms with Crippen LogP contribution in [-0.4, -0.2) is 24.0 Å². The van der Waals surface area contributed by atoms with Crippen molar-refractivity contribution < 1.29 is 9.53 Å². The van der Waals surface area contributed by atoms with Crippen LogP contribution in [0.4, 0.5) is 0 Å². The van der Waals surface area contributed by atoms with Gasteiger partial charge in [-0.15, -0.1) is 0 Å². The van der Waals surface area contributed by atoms with E-state index in [4.69, 9.17) is 34.3 Å². The number of carbonyl (C=O) groups is 1. The zero-order valence-corrected chi connectivity index (χ0v) is 11.9. The third kappa shape index (κ3) is 4.08. The first-order chi connectivity index (χ1) is 9.08. The second kappa shape index (κ2) is 6.21. The van der Waals surface area contributed by atoms with Gasteiger partial charge in [-0.2, -0.15) is 0 Å². The van der Waals surface area contributed by atoms with E-state index in [9.17, 15) is 4.79 Å². The lowest BCUT2D eigenvalue weighted by molar-refractivity contribution is -0.123. The topological polar surface area (TPSA) is 64.3 Å². The van der Waals surface area contributed by atoms with Crippen LogP contribution in [0.25, 0.3) is 0 Å². The molecule has 1 aliphatic rings. The molecule has 0 aliphatic heterocycles. The van der Waals surface area contributed by atoms with E-state index in [1.165, 1.54) is 12.8 Å². The van der Waals surface area contributed by atoms with E-state index in [0.717, 1.165) is 6.54 Å². The van der Waals surface area contributed by atoms with Crippen molar-refractivity contribution in [2.24, 2.45) is 11.7 Å². The maximum atomic E-state index is 11.6. The van der Waals surface area contributed by atoms with Gasteiger partial charge in [-0.25, -0.2) is 0 Å². The highest BCUT2D eigenvalue weighted by atomic mass is 35.5. The fourth-order valence-corrected chi connectivity index (χ4v) is 2.17. The molecule has 1 aromatic rings. The maximum absolute atomic E-state index is 11.6. The number of nitrogens with two attached hydrogens (primary N) is 1. The summed E-state index contributed by atoms with van der Waals surface area (Å²) in [7, 11) is 0. The summed E-state index contributed by atoms with van der Waals surface area (Å²) in [5.41, 5.74) is 6.06. The number of rotatable bonds is 6. The Kier molecular flexibility index (Phi) is 4.61. The molecule has 102 valence electrons. The number of hydrogen-bond donors (Lipinski definition) is 2. The molecule has 0 radical (unpaired) electrons. The predicted octanol–water partition coefficient (Wildman–Crippen LogP) is 1.88. The average Bonchev–Trinajstić information content (AvgIpc) is 3.17. The molecule has 0 bridgehead atoms. The maximum Gasteiger partial charge on any atom is 0.257 e.